The van der Waals surface area contributed by atoms with E-state index in [1.807, 2.05) is 0 Å². The number of aryl methyl sites for hydroxylation is 1. The van der Waals surface area contributed by atoms with Gasteiger partial charge in [-0.1, -0.05) is 44.6 Å². The van der Waals surface area contributed by atoms with Crippen molar-refractivity contribution in [2.45, 2.75) is 262 Å². The van der Waals surface area contributed by atoms with E-state index >= 15 is 0 Å². The normalized spacial score (nSPS) is 11.0. The summed E-state index contributed by atoms with van der Waals surface area (Å²) in [6.07, 6.45) is 40.0. The Hall–Kier alpha value is -1.45. The van der Waals surface area contributed by atoms with Crippen molar-refractivity contribution < 1.29 is 19.8 Å². The maximum Gasteiger partial charge on any atom is 0.303 e. The topological polar surface area (TPSA) is 154 Å². The van der Waals surface area contributed by atoms with Crippen LogP contribution in [0.5, 0.6) is 0 Å². The molecule has 10 nitrogen and oxygen atoms in total. The third-order valence-corrected chi connectivity index (χ3v) is 39.9. The summed E-state index contributed by atoms with van der Waals surface area (Å²) in [6.45, 7) is 15.4. The monoisotopic (exact) mass is 1070 g/mol. The third-order valence-electron chi connectivity index (χ3n) is 11.9. The number of aromatic nitrogens is 3. The molecule has 2 N–H and O–H groups in total. The summed E-state index contributed by atoms with van der Waals surface area (Å²) in [4.78, 5) is 23.4. The zero-order valence-corrected chi connectivity index (χ0v) is 45.7. The predicted octanol–water partition coefficient (Wildman–Crippen LogP) is 15.7. The fraction of sp³-hybridized carbons (Fsp3) is 0.878. The summed E-state index contributed by atoms with van der Waals surface area (Å²) < 4.78 is 15.6. The van der Waals surface area contributed by atoms with Crippen molar-refractivity contribution in [3.05, 3.63) is 16.6 Å². The van der Waals surface area contributed by atoms with Crippen LogP contribution in [-0.2, 0) is 16.1 Å². The van der Waals surface area contributed by atoms with E-state index in [0.717, 1.165) is 70.8 Å². The van der Waals surface area contributed by atoms with Crippen LogP contribution in [0.2, 0.25) is 26.6 Å². The van der Waals surface area contributed by atoms with Gasteiger partial charge in [-0.3, -0.25) is 9.59 Å². The van der Waals surface area contributed by atoms with Crippen molar-refractivity contribution >= 4 is 52.4 Å². The molecule has 0 aliphatic carbocycles. The van der Waals surface area contributed by atoms with E-state index in [2.05, 4.69) is 71.6 Å². The zero-order valence-electron chi connectivity index (χ0n) is 40.0. The molecular formula is C49H98N6O4Sn2. The number of rotatable bonds is 39. The third kappa shape index (κ3) is 37.6. The molecule has 0 unspecified atom stereocenters. The Labute approximate surface area is 385 Å². The van der Waals surface area contributed by atoms with E-state index in [0.29, 0.717) is 13.0 Å². The summed E-state index contributed by atoms with van der Waals surface area (Å²) in [7, 11) is 0. The standard InChI is InChI=1S/C12H20N3O2.C10H19N3O2.6C4H9.C2H.CH4.2Sn/c16-12(17)8-6-4-2-1-3-5-7-10-15-11-9-13-14-15;11-13-12-9-7-5-3-1-2-4-6-8-10(14)15;6*1-3-4-2;1-2;;;/h11H,1-8,10H2,(H,16,17);1-9H2,(H,14,15);6*1,3-4H2,2H3;1H;1H4;;. The van der Waals surface area contributed by atoms with Gasteiger partial charge < -0.3 is 10.2 Å². The maximum absolute atomic E-state index is 10.5. The summed E-state index contributed by atoms with van der Waals surface area (Å²) in [6, 6.07) is 0. The second-order valence-corrected chi connectivity index (χ2v) is 42.8. The number of unbranched alkanes of at least 4 members (excludes halogenated alkanes) is 18. The molecule has 0 aliphatic heterocycles. The summed E-state index contributed by atoms with van der Waals surface area (Å²) in [5.41, 5.74) is 8.02. The number of azide groups is 1. The Balaban J connectivity index is -0.000000914. The largest absolute Gasteiger partial charge is 0.481 e. The number of terminal acetylenes is 1. The first-order valence-corrected chi connectivity index (χ1v) is 39.9. The fourth-order valence-electron chi connectivity index (χ4n) is 7.91. The Kier molecular flexibility index (Phi) is 48.7. The minimum atomic E-state index is -2.43. The van der Waals surface area contributed by atoms with Gasteiger partial charge >= 0.3 is 287 Å². The second kappa shape index (κ2) is 46.5. The van der Waals surface area contributed by atoms with Crippen molar-refractivity contribution in [2.75, 3.05) is 6.54 Å². The molecule has 0 saturated heterocycles. The number of carboxylic acid groups (broad SMARTS) is 2. The molecule has 0 atom stereocenters. The van der Waals surface area contributed by atoms with Crippen LogP contribution in [-0.4, -0.2) is 80.4 Å². The van der Waals surface area contributed by atoms with Gasteiger partial charge in [0.1, 0.15) is 0 Å². The van der Waals surface area contributed by atoms with Gasteiger partial charge in [0.05, 0.1) is 0 Å². The molecule has 1 heterocycles. The van der Waals surface area contributed by atoms with Gasteiger partial charge in [0.2, 0.25) is 0 Å². The molecule has 1 rings (SSSR count). The molecule has 0 fully saturated rings. The number of hydrogen-bond donors (Lipinski definition) is 2. The van der Waals surface area contributed by atoms with Gasteiger partial charge in [-0.15, -0.1) is 0 Å². The van der Waals surface area contributed by atoms with Crippen molar-refractivity contribution in [2.24, 2.45) is 5.11 Å². The first-order valence-electron chi connectivity index (χ1n) is 24.9. The van der Waals surface area contributed by atoms with Crippen LogP contribution in [0.15, 0.2) is 11.3 Å². The molecule has 0 amide bonds. The number of aliphatic carboxylic acids is 2. The fourth-order valence-corrected chi connectivity index (χ4v) is 35.2. The number of hydrogen-bond acceptors (Lipinski definition) is 5. The summed E-state index contributed by atoms with van der Waals surface area (Å²) in [5, 5.41) is 29.8. The van der Waals surface area contributed by atoms with Gasteiger partial charge in [0.25, 0.3) is 0 Å². The van der Waals surface area contributed by atoms with Crippen LogP contribution >= 0.6 is 0 Å². The molecule has 356 valence electrons. The average Bonchev–Trinajstić information content (AvgIpc) is 3.73. The van der Waals surface area contributed by atoms with Gasteiger partial charge in [-0.05, 0) is 18.4 Å². The second-order valence-electron chi connectivity index (χ2n) is 17.4. The molecule has 1 aromatic rings. The molecular weight excluding hydrogens is 974 g/mol. The van der Waals surface area contributed by atoms with Gasteiger partial charge in [0.15, 0.2) is 0 Å². The van der Waals surface area contributed by atoms with Gasteiger partial charge in [-0.2, -0.15) is 0 Å². The Morgan fingerprint density at radius 3 is 1.34 bits per heavy atom. The SMILES string of the molecule is C.C#[C][Sn]([CH2]CCC)([CH2]CCC)[CH2]CCC.CCC[CH2][Sn]([CH2]CCC)([CH2]CCC)[c]1cn(CCCCCCCCCC(=O)O)nn1.[N-]=[N+]=NCCCCCCCCCC(=O)O. The molecule has 0 aliphatic rings. The zero-order chi connectivity index (χ0) is 45.0. The first-order chi connectivity index (χ1) is 29.1. The molecule has 12 heteroatoms. The number of carboxylic acids is 2. The van der Waals surface area contributed by atoms with E-state index in [-0.39, 0.29) is 13.8 Å². The summed E-state index contributed by atoms with van der Waals surface area (Å²) >= 11 is -4.51. The van der Waals surface area contributed by atoms with Crippen LogP contribution < -0.4 is 3.71 Å². The number of nitrogens with zero attached hydrogens (tertiary/aromatic N) is 6. The Morgan fingerprint density at radius 1 is 0.623 bits per heavy atom. The molecule has 61 heavy (non-hydrogen) atoms. The molecule has 0 radical (unpaired) electrons. The Bertz CT molecular complexity index is 1180. The first kappa shape index (κ1) is 63.8. The minimum Gasteiger partial charge on any atom is -0.481 e. The van der Waals surface area contributed by atoms with Crippen molar-refractivity contribution in [3.63, 3.8) is 0 Å². The smallest absolute Gasteiger partial charge is 0.303 e. The van der Waals surface area contributed by atoms with E-state index in [1.165, 1.54) is 133 Å². The van der Waals surface area contributed by atoms with E-state index in [4.69, 9.17) is 27.3 Å². The van der Waals surface area contributed by atoms with Crippen molar-refractivity contribution in [1.82, 2.24) is 15.0 Å². The van der Waals surface area contributed by atoms with Crippen LogP contribution in [0, 0.1) is 10.4 Å². The summed E-state index contributed by atoms with van der Waals surface area (Å²) in [5.74, 6) is -1.38. The number of carbonyl (C=O) groups is 2. The van der Waals surface area contributed by atoms with E-state index in [9.17, 15) is 9.59 Å². The van der Waals surface area contributed by atoms with E-state index < -0.39 is 48.7 Å². The molecule has 0 bridgehead atoms. The van der Waals surface area contributed by atoms with Gasteiger partial charge in [0, 0.05) is 17.9 Å². The average molecular weight is 1070 g/mol. The van der Waals surface area contributed by atoms with Crippen LogP contribution in [0.1, 0.15) is 229 Å². The van der Waals surface area contributed by atoms with Crippen LogP contribution in [0.3, 0.4) is 0 Å². The van der Waals surface area contributed by atoms with E-state index in [1.54, 1.807) is 0 Å². The van der Waals surface area contributed by atoms with Gasteiger partial charge in [-0.25, -0.2) is 0 Å². The molecule has 0 aromatic carbocycles. The van der Waals surface area contributed by atoms with Crippen LogP contribution in [0.25, 0.3) is 10.4 Å². The van der Waals surface area contributed by atoms with Crippen molar-refractivity contribution in [1.29, 1.82) is 0 Å². The maximum atomic E-state index is 10.5. The quantitative estimate of drug-likeness (QED) is 0.0167. The Morgan fingerprint density at radius 2 is 0.984 bits per heavy atom. The van der Waals surface area contributed by atoms with Crippen molar-refractivity contribution in [3.8, 4) is 10.4 Å². The van der Waals surface area contributed by atoms with Crippen LogP contribution in [0.4, 0.5) is 0 Å². The molecule has 0 spiro atoms. The molecule has 0 saturated carbocycles. The molecule has 1 aromatic heterocycles. The predicted molar refractivity (Wildman–Crippen MR) is 268 cm³/mol. The minimum absolute atomic E-state index is 0.